The van der Waals surface area contributed by atoms with Crippen molar-refractivity contribution in [2.24, 2.45) is 0 Å². The Bertz CT molecular complexity index is 654. The molecule has 0 heterocycles. The van der Waals surface area contributed by atoms with E-state index in [-0.39, 0.29) is 5.78 Å². The van der Waals surface area contributed by atoms with E-state index >= 15 is 0 Å². The zero-order valence-electron chi connectivity index (χ0n) is 12.0. The summed E-state index contributed by atoms with van der Waals surface area (Å²) in [7, 11) is 0. The molecule has 0 saturated heterocycles. The first-order chi connectivity index (χ1) is 9.38. The molecular formula is C17H18ClNO. The Morgan fingerprint density at radius 1 is 1.10 bits per heavy atom. The molecule has 0 radical (unpaired) electrons. The van der Waals surface area contributed by atoms with Crippen LogP contribution >= 0.6 is 11.6 Å². The quantitative estimate of drug-likeness (QED) is 0.676. The molecule has 2 aromatic rings. The second kappa shape index (κ2) is 5.68. The van der Waals surface area contributed by atoms with Gasteiger partial charge < -0.3 is 5.73 Å². The molecule has 0 aromatic heterocycles. The van der Waals surface area contributed by atoms with Gasteiger partial charge in [-0.1, -0.05) is 29.3 Å². The Labute approximate surface area is 124 Å². The van der Waals surface area contributed by atoms with Crippen molar-refractivity contribution in [3.8, 4) is 0 Å². The summed E-state index contributed by atoms with van der Waals surface area (Å²) in [4.78, 5) is 12.4. The van der Waals surface area contributed by atoms with Crippen molar-refractivity contribution in [3.05, 3.63) is 63.2 Å². The number of ketones is 1. The van der Waals surface area contributed by atoms with Gasteiger partial charge >= 0.3 is 0 Å². The van der Waals surface area contributed by atoms with E-state index in [1.807, 2.05) is 13.8 Å². The molecule has 0 atom stereocenters. The Kier molecular flexibility index (Phi) is 4.15. The summed E-state index contributed by atoms with van der Waals surface area (Å²) in [6.07, 6.45) is 0.388. The van der Waals surface area contributed by atoms with Crippen LogP contribution in [0.4, 0.5) is 5.69 Å². The molecule has 0 fully saturated rings. The molecule has 3 heteroatoms. The minimum Gasteiger partial charge on any atom is -0.398 e. The maximum Gasteiger partial charge on any atom is 0.167 e. The monoisotopic (exact) mass is 287 g/mol. The summed E-state index contributed by atoms with van der Waals surface area (Å²) in [6.45, 7) is 6.14. The topological polar surface area (TPSA) is 43.1 Å². The maximum absolute atomic E-state index is 12.4. The maximum atomic E-state index is 12.4. The molecule has 0 saturated carbocycles. The lowest BCUT2D eigenvalue weighted by molar-refractivity contribution is 0.0992. The fourth-order valence-corrected chi connectivity index (χ4v) is 2.59. The van der Waals surface area contributed by atoms with Gasteiger partial charge in [-0.15, -0.1) is 0 Å². The predicted molar refractivity (Wildman–Crippen MR) is 84.6 cm³/mol. The van der Waals surface area contributed by atoms with Crippen molar-refractivity contribution >= 4 is 23.1 Å². The number of hydrogen-bond acceptors (Lipinski definition) is 2. The number of aryl methyl sites for hydroxylation is 3. The average Bonchev–Trinajstić information content (AvgIpc) is 2.36. The van der Waals surface area contributed by atoms with Gasteiger partial charge in [-0.05, 0) is 55.7 Å². The Balaban J connectivity index is 2.30. The number of carbonyl (C=O) groups excluding carboxylic acids is 1. The summed E-state index contributed by atoms with van der Waals surface area (Å²) >= 11 is 5.88. The minimum atomic E-state index is 0.0587. The van der Waals surface area contributed by atoms with Crippen LogP contribution in [0.2, 0.25) is 5.02 Å². The Morgan fingerprint density at radius 3 is 2.25 bits per heavy atom. The van der Waals surface area contributed by atoms with Gasteiger partial charge in [0, 0.05) is 12.0 Å². The molecule has 2 nitrogen and oxygen atoms in total. The largest absolute Gasteiger partial charge is 0.398 e. The molecule has 0 bridgehead atoms. The lowest BCUT2D eigenvalue weighted by Gasteiger charge is -2.11. The highest BCUT2D eigenvalue weighted by molar-refractivity contribution is 6.33. The number of Topliss-reactive ketones (excluding diaryl/α,β-unsaturated/α-hetero) is 1. The highest BCUT2D eigenvalue weighted by Gasteiger charge is 2.12. The third kappa shape index (κ3) is 3.02. The highest BCUT2D eigenvalue weighted by Crippen LogP contribution is 2.22. The van der Waals surface area contributed by atoms with Gasteiger partial charge in [0.1, 0.15) is 0 Å². The number of hydrogen-bond donors (Lipinski definition) is 1. The molecule has 2 aromatic carbocycles. The molecule has 0 aliphatic heterocycles. The van der Waals surface area contributed by atoms with Gasteiger partial charge in [0.05, 0.1) is 10.7 Å². The minimum absolute atomic E-state index is 0.0587. The molecule has 20 heavy (non-hydrogen) atoms. The number of halogens is 1. The summed E-state index contributed by atoms with van der Waals surface area (Å²) in [5.41, 5.74) is 11.4. The number of anilines is 1. The lowest BCUT2D eigenvalue weighted by atomic mass is 9.94. The zero-order valence-corrected chi connectivity index (χ0v) is 12.7. The van der Waals surface area contributed by atoms with Crippen molar-refractivity contribution in [2.75, 3.05) is 5.73 Å². The molecule has 0 spiro atoms. The van der Waals surface area contributed by atoms with E-state index in [1.54, 1.807) is 18.2 Å². The van der Waals surface area contributed by atoms with Gasteiger partial charge in [-0.25, -0.2) is 0 Å². The van der Waals surface area contributed by atoms with Crippen LogP contribution in [0.25, 0.3) is 0 Å². The fourth-order valence-electron chi connectivity index (χ4n) is 2.47. The van der Waals surface area contributed by atoms with Gasteiger partial charge in [-0.3, -0.25) is 4.79 Å². The van der Waals surface area contributed by atoms with E-state index < -0.39 is 0 Å². The summed E-state index contributed by atoms with van der Waals surface area (Å²) in [5.74, 6) is 0.0587. The van der Waals surface area contributed by atoms with Crippen LogP contribution in [0.1, 0.15) is 32.6 Å². The SMILES string of the molecule is Cc1cc(C)c(CC(=O)c2ccc(Cl)c(N)c2)c(C)c1. The van der Waals surface area contributed by atoms with Gasteiger partial charge in [0.15, 0.2) is 5.78 Å². The van der Waals surface area contributed by atoms with Gasteiger partial charge in [-0.2, -0.15) is 0 Å². The van der Waals surface area contributed by atoms with Crippen LogP contribution in [-0.2, 0) is 6.42 Å². The van der Waals surface area contributed by atoms with E-state index in [4.69, 9.17) is 17.3 Å². The van der Waals surface area contributed by atoms with Gasteiger partial charge in [0.2, 0.25) is 0 Å². The second-order valence-electron chi connectivity index (χ2n) is 5.21. The molecule has 0 amide bonds. The standard InChI is InChI=1S/C17H18ClNO/c1-10-6-11(2)14(12(3)7-10)9-17(20)13-4-5-15(18)16(19)8-13/h4-8H,9,19H2,1-3H3. The third-order valence-corrected chi connectivity index (χ3v) is 3.84. The first kappa shape index (κ1) is 14.6. The summed E-state index contributed by atoms with van der Waals surface area (Å²) in [6, 6.07) is 9.24. The first-order valence-corrected chi connectivity index (χ1v) is 6.91. The molecule has 2 rings (SSSR count). The molecule has 104 valence electrons. The number of benzene rings is 2. The van der Waals surface area contributed by atoms with Crippen LogP contribution in [-0.4, -0.2) is 5.78 Å². The van der Waals surface area contributed by atoms with E-state index in [0.717, 1.165) is 16.7 Å². The second-order valence-corrected chi connectivity index (χ2v) is 5.62. The van der Waals surface area contributed by atoms with Crippen LogP contribution in [0.5, 0.6) is 0 Å². The Morgan fingerprint density at radius 2 is 1.70 bits per heavy atom. The van der Waals surface area contributed by atoms with E-state index in [2.05, 4.69) is 19.1 Å². The molecule has 0 aliphatic rings. The molecule has 2 N–H and O–H groups in total. The number of nitrogens with two attached hydrogens (primary N) is 1. The summed E-state index contributed by atoms with van der Waals surface area (Å²) < 4.78 is 0. The van der Waals surface area contributed by atoms with Crippen molar-refractivity contribution in [1.82, 2.24) is 0 Å². The number of carbonyl (C=O) groups is 1. The number of rotatable bonds is 3. The predicted octanol–water partition coefficient (Wildman–Crippen LogP) is 4.27. The van der Waals surface area contributed by atoms with E-state index in [0.29, 0.717) is 22.7 Å². The average molecular weight is 288 g/mol. The van der Waals surface area contributed by atoms with Gasteiger partial charge in [0.25, 0.3) is 0 Å². The third-order valence-electron chi connectivity index (χ3n) is 3.50. The molecular weight excluding hydrogens is 270 g/mol. The van der Waals surface area contributed by atoms with Crippen LogP contribution in [0, 0.1) is 20.8 Å². The van der Waals surface area contributed by atoms with E-state index in [1.165, 1.54) is 5.56 Å². The van der Waals surface area contributed by atoms with Crippen molar-refractivity contribution in [3.63, 3.8) is 0 Å². The van der Waals surface area contributed by atoms with Crippen molar-refractivity contribution in [2.45, 2.75) is 27.2 Å². The van der Waals surface area contributed by atoms with Crippen molar-refractivity contribution in [1.29, 1.82) is 0 Å². The molecule has 0 aliphatic carbocycles. The van der Waals surface area contributed by atoms with Crippen molar-refractivity contribution < 1.29 is 4.79 Å². The highest BCUT2D eigenvalue weighted by atomic mass is 35.5. The first-order valence-electron chi connectivity index (χ1n) is 6.53. The summed E-state index contributed by atoms with van der Waals surface area (Å²) in [5, 5.41) is 0.476. The van der Waals surface area contributed by atoms with Crippen LogP contribution in [0.3, 0.4) is 0 Å². The normalized spacial score (nSPS) is 10.6. The Hall–Kier alpha value is -1.80. The zero-order chi connectivity index (χ0) is 14.9. The number of nitrogen functional groups attached to an aromatic ring is 1. The fraction of sp³-hybridized carbons (Fsp3) is 0.235. The van der Waals surface area contributed by atoms with Crippen LogP contribution in [0.15, 0.2) is 30.3 Å². The smallest absolute Gasteiger partial charge is 0.167 e. The molecule has 0 unspecified atom stereocenters. The lowest BCUT2D eigenvalue weighted by Crippen LogP contribution is -2.07. The van der Waals surface area contributed by atoms with E-state index in [9.17, 15) is 4.79 Å². The van der Waals surface area contributed by atoms with Crippen LogP contribution < -0.4 is 5.73 Å².